The van der Waals surface area contributed by atoms with Crippen molar-refractivity contribution < 1.29 is 14.3 Å². The van der Waals surface area contributed by atoms with Crippen LogP contribution in [0.3, 0.4) is 0 Å². The molecule has 1 aromatic rings. The molecule has 1 rings (SSSR count). The number of hydrogen-bond acceptors (Lipinski definition) is 4. The molecule has 0 saturated heterocycles. The lowest BCUT2D eigenvalue weighted by atomic mass is 10.3. The third kappa shape index (κ3) is 3.34. The van der Waals surface area contributed by atoms with Crippen LogP contribution in [0.2, 0.25) is 0 Å². The summed E-state index contributed by atoms with van der Waals surface area (Å²) in [5, 5.41) is 2.64. The number of rotatable bonds is 4. The van der Waals surface area contributed by atoms with Crippen molar-refractivity contribution in [2.45, 2.75) is 20.3 Å². The fourth-order valence-corrected chi connectivity index (χ4v) is 1.07. The van der Waals surface area contributed by atoms with E-state index in [0.717, 1.165) is 0 Å². The molecule has 0 aromatic carbocycles. The molecule has 1 N–H and O–H groups in total. The van der Waals surface area contributed by atoms with E-state index in [4.69, 9.17) is 4.74 Å². The maximum atomic E-state index is 11.4. The van der Waals surface area contributed by atoms with E-state index < -0.39 is 5.97 Å². The summed E-state index contributed by atoms with van der Waals surface area (Å²) in [5.74, 6) is -0.601. The Hall–Kier alpha value is -1.91. The third-order valence-corrected chi connectivity index (χ3v) is 1.85. The lowest BCUT2D eigenvalue weighted by Crippen LogP contribution is -2.12. The van der Waals surface area contributed by atoms with Gasteiger partial charge in [-0.2, -0.15) is 0 Å². The van der Waals surface area contributed by atoms with Crippen molar-refractivity contribution in [2.24, 2.45) is 0 Å². The van der Waals surface area contributed by atoms with Crippen molar-refractivity contribution in [2.75, 3.05) is 11.9 Å². The van der Waals surface area contributed by atoms with Gasteiger partial charge in [-0.25, -0.2) is 9.78 Å². The minimum Gasteiger partial charge on any atom is -0.461 e. The summed E-state index contributed by atoms with van der Waals surface area (Å²) in [5.41, 5.74) is 0.737. The van der Waals surface area contributed by atoms with Crippen molar-refractivity contribution in [3.05, 3.63) is 24.0 Å². The first-order valence-electron chi connectivity index (χ1n) is 5.10. The van der Waals surface area contributed by atoms with E-state index in [1.807, 2.05) is 0 Å². The Labute approximate surface area is 93.8 Å². The van der Waals surface area contributed by atoms with Crippen LogP contribution in [-0.4, -0.2) is 23.5 Å². The fourth-order valence-electron chi connectivity index (χ4n) is 1.07. The van der Waals surface area contributed by atoms with E-state index >= 15 is 0 Å². The van der Waals surface area contributed by atoms with Crippen LogP contribution < -0.4 is 5.32 Å². The van der Waals surface area contributed by atoms with E-state index in [2.05, 4.69) is 10.3 Å². The van der Waals surface area contributed by atoms with Gasteiger partial charge in [-0.1, -0.05) is 6.92 Å². The standard InChI is InChI=1S/C11H14N2O3/c1-3-10(14)13-8-5-6-12-9(7-8)11(15)16-4-2/h5-7H,3-4H2,1-2H3,(H,12,13,14). The van der Waals surface area contributed by atoms with E-state index in [9.17, 15) is 9.59 Å². The van der Waals surface area contributed by atoms with E-state index in [0.29, 0.717) is 18.7 Å². The molecule has 0 aliphatic heterocycles. The summed E-state index contributed by atoms with van der Waals surface area (Å²) < 4.78 is 4.80. The number of nitrogens with zero attached hydrogens (tertiary/aromatic N) is 1. The van der Waals surface area contributed by atoms with Gasteiger partial charge in [-0.05, 0) is 19.1 Å². The Morgan fingerprint density at radius 2 is 2.19 bits per heavy atom. The number of hydrogen-bond donors (Lipinski definition) is 1. The molecule has 16 heavy (non-hydrogen) atoms. The van der Waals surface area contributed by atoms with Gasteiger partial charge in [0.15, 0.2) is 0 Å². The summed E-state index contributed by atoms with van der Waals surface area (Å²) >= 11 is 0. The minimum absolute atomic E-state index is 0.110. The lowest BCUT2D eigenvalue weighted by molar-refractivity contribution is -0.115. The average molecular weight is 222 g/mol. The summed E-state index contributed by atoms with van der Waals surface area (Å²) in [6.45, 7) is 3.77. The summed E-state index contributed by atoms with van der Waals surface area (Å²) in [6, 6.07) is 3.11. The molecule has 1 aromatic heterocycles. The maximum Gasteiger partial charge on any atom is 0.356 e. The van der Waals surface area contributed by atoms with Gasteiger partial charge in [0.2, 0.25) is 5.91 Å². The zero-order valence-electron chi connectivity index (χ0n) is 9.32. The Morgan fingerprint density at radius 1 is 1.44 bits per heavy atom. The lowest BCUT2D eigenvalue weighted by Gasteiger charge is -2.05. The second-order valence-electron chi connectivity index (χ2n) is 3.05. The fraction of sp³-hybridized carbons (Fsp3) is 0.364. The number of anilines is 1. The molecule has 0 bridgehead atoms. The summed E-state index contributed by atoms with van der Waals surface area (Å²) in [7, 11) is 0. The minimum atomic E-state index is -0.491. The number of nitrogens with one attached hydrogen (secondary N) is 1. The second kappa shape index (κ2) is 5.85. The van der Waals surface area contributed by atoms with Crippen LogP contribution in [0.25, 0.3) is 0 Å². The van der Waals surface area contributed by atoms with Crippen molar-refractivity contribution in [1.29, 1.82) is 0 Å². The number of aromatic nitrogens is 1. The molecule has 5 nitrogen and oxygen atoms in total. The third-order valence-electron chi connectivity index (χ3n) is 1.85. The molecule has 1 heterocycles. The summed E-state index contributed by atoms with van der Waals surface area (Å²) in [6.07, 6.45) is 1.84. The number of esters is 1. The zero-order chi connectivity index (χ0) is 12.0. The first-order valence-corrected chi connectivity index (χ1v) is 5.10. The highest BCUT2D eigenvalue weighted by Gasteiger charge is 2.09. The first kappa shape index (κ1) is 12.2. The molecule has 0 atom stereocenters. The normalized spacial score (nSPS) is 9.62. The number of ether oxygens (including phenoxy) is 1. The molecule has 0 spiro atoms. The predicted molar refractivity (Wildman–Crippen MR) is 59.1 cm³/mol. The zero-order valence-corrected chi connectivity index (χ0v) is 9.32. The largest absolute Gasteiger partial charge is 0.461 e. The molecule has 0 unspecified atom stereocenters. The monoisotopic (exact) mass is 222 g/mol. The van der Waals surface area contributed by atoms with Gasteiger partial charge in [-0.15, -0.1) is 0 Å². The Morgan fingerprint density at radius 3 is 2.81 bits per heavy atom. The first-order chi connectivity index (χ1) is 7.67. The number of carbonyl (C=O) groups is 2. The van der Waals surface area contributed by atoms with Crippen LogP contribution in [0, 0.1) is 0 Å². The van der Waals surface area contributed by atoms with Gasteiger partial charge in [0.1, 0.15) is 5.69 Å². The molecule has 0 saturated carbocycles. The number of amides is 1. The van der Waals surface area contributed by atoms with E-state index in [-0.39, 0.29) is 11.6 Å². The average Bonchev–Trinajstić information content (AvgIpc) is 2.29. The van der Waals surface area contributed by atoms with Crippen molar-refractivity contribution >= 4 is 17.6 Å². The highest BCUT2D eigenvalue weighted by Crippen LogP contribution is 2.09. The molecule has 0 fully saturated rings. The molecule has 5 heteroatoms. The second-order valence-corrected chi connectivity index (χ2v) is 3.05. The molecular weight excluding hydrogens is 208 g/mol. The van der Waals surface area contributed by atoms with E-state index in [1.165, 1.54) is 12.3 Å². The Bertz CT molecular complexity index is 391. The van der Waals surface area contributed by atoms with Gasteiger partial charge in [-0.3, -0.25) is 4.79 Å². The molecule has 1 amide bonds. The van der Waals surface area contributed by atoms with Gasteiger partial charge < -0.3 is 10.1 Å². The van der Waals surface area contributed by atoms with Gasteiger partial charge in [0.25, 0.3) is 0 Å². The van der Waals surface area contributed by atoms with Crippen LogP contribution >= 0.6 is 0 Å². The predicted octanol–water partition coefficient (Wildman–Crippen LogP) is 1.61. The van der Waals surface area contributed by atoms with Crippen LogP contribution in [0.4, 0.5) is 5.69 Å². The highest BCUT2D eigenvalue weighted by molar-refractivity contribution is 5.93. The quantitative estimate of drug-likeness (QED) is 0.786. The van der Waals surface area contributed by atoms with Crippen molar-refractivity contribution in [1.82, 2.24) is 4.98 Å². The molecule has 0 aliphatic carbocycles. The SMILES string of the molecule is CCOC(=O)c1cc(NC(=O)CC)ccn1. The van der Waals surface area contributed by atoms with Gasteiger partial charge in [0, 0.05) is 18.3 Å². The molecule has 0 aliphatic rings. The topological polar surface area (TPSA) is 68.3 Å². The maximum absolute atomic E-state index is 11.4. The Kier molecular flexibility index (Phi) is 4.44. The number of pyridine rings is 1. The van der Waals surface area contributed by atoms with Crippen LogP contribution in [0.5, 0.6) is 0 Å². The van der Waals surface area contributed by atoms with Gasteiger partial charge in [0.05, 0.1) is 6.61 Å². The van der Waals surface area contributed by atoms with Gasteiger partial charge >= 0.3 is 5.97 Å². The van der Waals surface area contributed by atoms with Crippen LogP contribution in [-0.2, 0) is 9.53 Å². The Balaban J connectivity index is 2.78. The molecule has 0 radical (unpaired) electrons. The van der Waals surface area contributed by atoms with E-state index in [1.54, 1.807) is 19.9 Å². The van der Waals surface area contributed by atoms with Crippen LogP contribution in [0.1, 0.15) is 30.8 Å². The molecular formula is C11H14N2O3. The van der Waals surface area contributed by atoms with Crippen LogP contribution in [0.15, 0.2) is 18.3 Å². The van der Waals surface area contributed by atoms with Crippen molar-refractivity contribution in [3.8, 4) is 0 Å². The highest BCUT2D eigenvalue weighted by atomic mass is 16.5. The molecule has 86 valence electrons. The smallest absolute Gasteiger partial charge is 0.356 e. The van der Waals surface area contributed by atoms with Crippen molar-refractivity contribution in [3.63, 3.8) is 0 Å². The number of carbonyl (C=O) groups excluding carboxylic acids is 2. The summed E-state index contributed by atoms with van der Waals surface area (Å²) in [4.78, 5) is 26.4.